The lowest BCUT2D eigenvalue weighted by atomic mass is 10.0. The van der Waals surface area contributed by atoms with Crippen molar-refractivity contribution < 1.29 is 14.3 Å². The van der Waals surface area contributed by atoms with Gasteiger partial charge in [-0.2, -0.15) is 0 Å². The number of rotatable bonds is 6. The first-order valence-electron chi connectivity index (χ1n) is 6.43. The van der Waals surface area contributed by atoms with Crippen molar-refractivity contribution in [2.24, 2.45) is 4.99 Å². The average Bonchev–Trinajstić information content (AvgIpc) is 2.81. The van der Waals surface area contributed by atoms with Gasteiger partial charge in [-0.05, 0) is 11.1 Å². The molecule has 2 rings (SSSR count). The summed E-state index contributed by atoms with van der Waals surface area (Å²) in [5, 5.41) is 5.80. The van der Waals surface area contributed by atoms with Gasteiger partial charge < -0.3 is 14.8 Å². The highest BCUT2D eigenvalue weighted by atomic mass is 16.5. The Balaban J connectivity index is 2.07. The van der Waals surface area contributed by atoms with Crippen LogP contribution in [0.1, 0.15) is 17.2 Å². The zero-order valence-electron chi connectivity index (χ0n) is 11.7. The van der Waals surface area contributed by atoms with Gasteiger partial charge in [0.1, 0.15) is 6.04 Å². The smallest absolute Gasteiger partial charge is 0.253 e. The molecule has 2 N–H and O–H groups in total. The van der Waals surface area contributed by atoms with Gasteiger partial charge in [0.25, 0.3) is 5.91 Å². The molecule has 20 heavy (non-hydrogen) atoms. The lowest BCUT2D eigenvalue weighted by Crippen LogP contribution is -2.26. The van der Waals surface area contributed by atoms with Gasteiger partial charge in [-0.3, -0.25) is 15.1 Å². The van der Waals surface area contributed by atoms with Crippen LogP contribution in [0.5, 0.6) is 0 Å². The molecule has 1 heterocycles. The molecular formula is C14H19N3O3. The molecular weight excluding hydrogens is 258 g/mol. The highest BCUT2D eigenvalue weighted by Crippen LogP contribution is 2.18. The van der Waals surface area contributed by atoms with Crippen molar-refractivity contribution >= 4 is 11.9 Å². The number of guanidine groups is 1. The molecule has 1 saturated heterocycles. The molecule has 6 nitrogen and oxygen atoms in total. The van der Waals surface area contributed by atoms with Crippen LogP contribution in [0, 0.1) is 0 Å². The second kappa shape index (κ2) is 7.02. The molecule has 6 heteroatoms. The topological polar surface area (TPSA) is 72.0 Å². The number of nitrogens with zero attached hydrogens (tertiary/aromatic N) is 1. The van der Waals surface area contributed by atoms with Crippen molar-refractivity contribution in [1.82, 2.24) is 10.6 Å². The molecule has 0 bridgehead atoms. The fourth-order valence-corrected chi connectivity index (χ4v) is 2.02. The van der Waals surface area contributed by atoms with Crippen LogP contribution >= 0.6 is 0 Å². The van der Waals surface area contributed by atoms with E-state index in [0.717, 1.165) is 11.1 Å². The molecule has 1 fully saturated rings. The van der Waals surface area contributed by atoms with E-state index < -0.39 is 6.04 Å². The number of benzene rings is 1. The third kappa shape index (κ3) is 3.55. The summed E-state index contributed by atoms with van der Waals surface area (Å²) in [7, 11) is 3.26. The van der Waals surface area contributed by atoms with Gasteiger partial charge in [-0.25, -0.2) is 0 Å². The SMILES string of the molecule is COCCN=C1NC(=O)C(c2cccc(COC)c2)N1. The third-order valence-electron chi connectivity index (χ3n) is 2.95. The number of carbonyl (C=O) groups excluding carboxylic acids is 1. The standard InChI is InChI=1S/C14H19N3O3/c1-19-7-6-15-14-16-12(13(18)17-14)11-5-3-4-10(8-11)9-20-2/h3-5,8,12H,6-7,9H2,1-2H3,(H2,15,16,17,18). The summed E-state index contributed by atoms with van der Waals surface area (Å²) < 4.78 is 10.0. The van der Waals surface area contributed by atoms with Gasteiger partial charge in [-0.1, -0.05) is 24.3 Å². The monoisotopic (exact) mass is 277 g/mol. The second-order valence-electron chi connectivity index (χ2n) is 4.47. The zero-order chi connectivity index (χ0) is 14.4. The Bertz CT molecular complexity index is 502. The summed E-state index contributed by atoms with van der Waals surface area (Å²) in [5.41, 5.74) is 1.93. The Morgan fingerprint density at radius 3 is 2.90 bits per heavy atom. The maximum Gasteiger partial charge on any atom is 0.253 e. The third-order valence-corrected chi connectivity index (χ3v) is 2.95. The number of methoxy groups -OCH3 is 2. The van der Waals surface area contributed by atoms with Crippen LogP contribution < -0.4 is 10.6 Å². The van der Waals surface area contributed by atoms with Crippen LogP contribution in [0.25, 0.3) is 0 Å². The maximum absolute atomic E-state index is 12.0. The molecule has 1 aliphatic rings. The van der Waals surface area contributed by atoms with Crippen LogP contribution in [0.3, 0.4) is 0 Å². The van der Waals surface area contributed by atoms with Crippen molar-refractivity contribution in [3.63, 3.8) is 0 Å². The summed E-state index contributed by atoms with van der Waals surface area (Å²) in [6.07, 6.45) is 0. The molecule has 0 aromatic heterocycles. The number of hydrogen-bond donors (Lipinski definition) is 2. The average molecular weight is 277 g/mol. The molecule has 0 radical (unpaired) electrons. The van der Waals surface area contributed by atoms with Crippen molar-refractivity contribution in [3.05, 3.63) is 35.4 Å². The van der Waals surface area contributed by atoms with E-state index in [0.29, 0.717) is 25.7 Å². The highest BCUT2D eigenvalue weighted by molar-refractivity contribution is 6.06. The number of nitrogens with one attached hydrogen (secondary N) is 2. The van der Waals surface area contributed by atoms with Crippen LogP contribution in [0.2, 0.25) is 0 Å². The lowest BCUT2D eigenvalue weighted by Gasteiger charge is -2.09. The van der Waals surface area contributed by atoms with E-state index in [9.17, 15) is 4.79 Å². The second-order valence-corrected chi connectivity index (χ2v) is 4.47. The predicted molar refractivity (Wildman–Crippen MR) is 75.4 cm³/mol. The van der Waals surface area contributed by atoms with Gasteiger partial charge in [0.15, 0.2) is 5.96 Å². The van der Waals surface area contributed by atoms with E-state index in [-0.39, 0.29) is 5.91 Å². The van der Waals surface area contributed by atoms with Crippen LogP contribution in [-0.4, -0.2) is 39.2 Å². The molecule has 0 spiro atoms. The first kappa shape index (κ1) is 14.5. The van der Waals surface area contributed by atoms with Crippen LogP contribution in [0.15, 0.2) is 29.3 Å². The van der Waals surface area contributed by atoms with E-state index >= 15 is 0 Å². The molecule has 1 atom stereocenters. The summed E-state index contributed by atoms with van der Waals surface area (Å²) >= 11 is 0. The van der Waals surface area contributed by atoms with Crippen LogP contribution in [0.4, 0.5) is 0 Å². The number of aliphatic imine (C=N–C) groups is 1. The highest BCUT2D eigenvalue weighted by Gasteiger charge is 2.29. The molecule has 1 amide bonds. The Labute approximate surface area is 118 Å². The summed E-state index contributed by atoms with van der Waals surface area (Å²) in [6, 6.07) is 7.34. The van der Waals surface area contributed by atoms with E-state index in [1.54, 1.807) is 14.2 Å². The predicted octanol–water partition coefficient (Wildman–Crippen LogP) is 0.596. The van der Waals surface area contributed by atoms with Crippen molar-refractivity contribution in [2.45, 2.75) is 12.6 Å². The first-order chi connectivity index (χ1) is 9.74. The normalized spacial score (nSPS) is 20.0. The van der Waals surface area contributed by atoms with E-state index in [2.05, 4.69) is 15.6 Å². The fraction of sp³-hybridized carbons (Fsp3) is 0.429. The van der Waals surface area contributed by atoms with Gasteiger partial charge >= 0.3 is 0 Å². The summed E-state index contributed by atoms with van der Waals surface area (Å²) in [6.45, 7) is 1.56. The Morgan fingerprint density at radius 2 is 2.15 bits per heavy atom. The largest absolute Gasteiger partial charge is 0.383 e. The van der Waals surface area contributed by atoms with Gasteiger partial charge in [0.05, 0.1) is 19.8 Å². The minimum absolute atomic E-state index is 0.101. The van der Waals surface area contributed by atoms with Gasteiger partial charge in [0.2, 0.25) is 0 Å². The number of carbonyl (C=O) groups is 1. The minimum atomic E-state index is -0.409. The Kier molecular flexibility index (Phi) is 5.09. The molecule has 0 aliphatic carbocycles. The number of hydrogen-bond acceptors (Lipinski definition) is 4. The number of amides is 1. The molecule has 108 valence electrons. The van der Waals surface area contributed by atoms with E-state index in [1.165, 1.54) is 0 Å². The lowest BCUT2D eigenvalue weighted by molar-refractivity contribution is -0.120. The van der Waals surface area contributed by atoms with Crippen LogP contribution in [-0.2, 0) is 20.9 Å². The molecule has 0 saturated carbocycles. The van der Waals surface area contributed by atoms with Crippen molar-refractivity contribution in [1.29, 1.82) is 0 Å². The minimum Gasteiger partial charge on any atom is -0.383 e. The maximum atomic E-state index is 12.0. The molecule has 1 aromatic rings. The zero-order valence-corrected chi connectivity index (χ0v) is 11.7. The molecule has 1 aliphatic heterocycles. The fourth-order valence-electron chi connectivity index (χ4n) is 2.02. The molecule has 1 aromatic carbocycles. The van der Waals surface area contributed by atoms with Crippen molar-refractivity contribution in [2.75, 3.05) is 27.4 Å². The summed E-state index contributed by atoms with van der Waals surface area (Å²) in [5.74, 6) is 0.393. The first-order valence-corrected chi connectivity index (χ1v) is 6.43. The van der Waals surface area contributed by atoms with Crippen molar-refractivity contribution in [3.8, 4) is 0 Å². The number of ether oxygens (including phenoxy) is 2. The van der Waals surface area contributed by atoms with Gasteiger partial charge in [-0.15, -0.1) is 0 Å². The summed E-state index contributed by atoms with van der Waals surface area (Å²) in [4.78, 5) is 16.2. The Hall–Kier alpha value is -1.92. The molecule has 1 unspecified atom stereocenters. The van der Waals surface area contributed by atoms with E-state index in [4.69, 9.17) is 9.47 Å². The van der Waals surface area contributed by atoms with E-state index in [1.807, 2.05) is 24.3 Å². The van der Waals surface area contributed by atoms with Gasteiger partial charge in [0, 0.05) is 14.2 Å². The Morgan fingerprint density at radius 1 is 1.30 bits per heavy atom. The quantitative estimate of drug-likeness (QED) is 0.747.